The molecule has 1 aliphatic heterocycles. The van der Waals surface area contributed by atoms with Crippen LogP contribution in [0.3, 0.4) is 0 Å². The molecule has 142 valence electrons. The second-order valence-corrected chi connectivity index (χ2v) is 8.56. The average molecular weight is 405 g/mol. The maximum atomic E-state index is 12.6. The molecule has 0 amide bonds. The van der Waals surface area contributed by atoms with Crippen molar-refractivity contribution in [3.8, 4) is 0 Å². The van der Waals surface area contributed by atoms with E-state index < -0.39 is 10.0 Å². The lowest BCUT2D eigenvalue weighted by Crippen LogP contribution is -2.41. The van der Waals surface area contributed by atoms with Gasteiger partial charge in [0.05, 0.1) is 17.2 Å². The molecule has 0 saturated carbocycles. The van der Waals surface area contributed by atoms with E-state index in [1.807, 2.05) is 31.2 Å². The molecule has 3 rings (SSSR count). The Labute approximate surface area is 164 Å². The van der Waals surface area contributed by atoms with Crippen molar-refractivity contribution in [3.63, 3.8) is 0 Å². The molecule has 2 aromatic carbocycles. The fraction of sp³-hybridized carbons (Fsp3) is 0.263. The number of aliphatic imine (C=N–C) groups is 1. The van der Waals surface area contributed by atoms with E-state index in [0.29, 0.717) is 11.6 Å². The number of hydrogen-bond acceptors (Lipinski definition) is 4. The first-order valence-corrected chi connectivity index (χ1v) is 10.3. The fourth-order valence-electron chi connectivity index (χ4n) is 2.82. The molecule has 1 atom stereocenters. The van der Waals surface area contributed by atoms with Gasteiger partial charge in [-0.1, -0.05) is 48.4 Å². The maximum absolute atomic E-state index is 12.6. The fourth-order valence-corrected chi connectivity index (χ4v) is 4.00. The highest BCUT2D eigenvalue weighted by molar-refractivity contribution is 7.90. The molecule has 0 spiro atoms. The zero-order valence-electron chi connectivity index (χ0n) is 15.3. The summed E-state index contributed by atoms with van der Waals surface area (Å²) < 4.78 is 27.8. The van der Waals surface area contributed by atoms with Crippen LogP contribution in [-0.2, 0) is 10.0 Å². The number of sulfonamides is 1. The molecule has 0 bridgehead atoms. The molecule has 2 aromatic rings. The highest BCUT2D eigenvalue weighted by atomic mass is 35.5. The van der Waals surface area contributed by atoms with E-state index >= 15 is 0 Å². The SMILES string of the molecule is CN=C(NS(=O)(=O)c1ccc(Cl)cc1)N1CC(C)C(c2ccc(C)cc2)=N1. The van der Waals surface area contributed by atoms with Crippen molar-refractivity contribution in [1.29, 1.82) is 0 Å². The second kappa shape index (κ2) is 7.70. The lowest BCUT2D eigenvalue weighted by atomic mass is 9.99. The number of benzene rings is 2. The number of nitrogens with one attached hydrogen (secondary N) is 1. The Kier molecular flexibility index (Phi) is 5.53. The Hall–Kier alpha value is -2.38. The molecule has 8 heteroatoms. The minimum Gasteiger partial charge on any atom is -0.254 e. The molecule has 0 aliphatic carbocycles. The van der Waals surface area contributed by atoms with Crippen molar-refractivity contribution in [2.24, 2.45) is 16.0 Å². The van der Waals surface area contributed by atoms with E-state index in [4.69, 9.17) is 11.6 Å². The summed E-state index contributed by atoms with van der Waals surface area (Å²) >= 11 is 5.83. The predicted molar refractivity (Wildman–Crippen MR) is 109 cm³/mol. The smallest absolute Gasteiger partial charge is 0.254 e. The molecule has 0 aromatic heterocycles. The summed E-state index contributed by atoms with van der Waals surface area (Å²) in [7, 11) is -2.25. The second-order valence-electron chi connectivity index (χ2n) is 6.44. The largest absolute Gasteiger partial charge is 0.264 e. The Morgan fingerprint density at radius 3 is 2.41 bits per heavy atom. The van der Waals surface area contributed by atoms with Crippen LogP contribution in [0.4, 0.5) is 0 Å². The monoisotopic (exact) mass is 404 g/mol. The van der Waals surface area contributed by atoms with E-state index in [2.05, 4.69) is 21.7 Å². The van der Waals surface area contributed by atoms with Crippen molar-refractivity contribution in [1.82, 2.24) is 9.73 Å². The van der Waals surface area contributed by atoms with Gasteiger partial charge < -0.3 is 0 Å². The highest BCUT2D eigenvalue weighted by Crippen LogP contribution is 2.21. The van der Waals surface area contributed by atoms with E-state index in [9.17, 15) is 8.42 Å². The topological polar surface area (TPSA) is 74.1 Å². The van der Waals surface area contributed by atoms with Crippen LogP contribution in [0.25, 0.3) is 0 Å². The first kappa shape index (κ1) is 19.4. The summed E-state index contributed by atoms with van der Waals surface area (Å²) in [5.74, 6) is 0.323. The van der Waals surface area contributed by atoms with Gasteiger partial charge in [-0.05, 0) is 36.8 Å². The standard InChI is InChI=1S/C19H21ClN4O2S/c1-13-4-6-15(7-5-13)18-14(2)12-24(22-18)19(21-3)23-27(25,26)17-10-8-16(20)9-11-17/h4-11,14H,12H2,1-3H3,(H,21,23). The van der Waals surface area contributed by atoms with Crippen LogP contribution in [0, 0.1) is 12.8 Å². The first-order chi connectivity index (χ1) is 12.8. The summed E-state index contributed by atoms with van der Waals surface area (Å²) in [6, 6.07) is 14.1. The van der Waals surface area contributed by atoms with Gasteiger partial charge in [0.25, 0.3) is 10.0 Å². The Bertz CT molecular complexity index is 983. The van der Waals surface area contributed by atoms with Crippen LogP contribution in [0.15, 0.2) is 63.5 Å². The summed E-state index contributed by atoms with van der Waals surface area (Å²) in [6.07, 6.45) is 0. The molecule has 27 heavy (non-hydrogen) atoms. The predicted octanol–water partition coefficient (Wildman–Crippen LogP) is 3.27. The lowest BCUT2D eigenvalue weighted by Gasteiger charge is -2.18. The number of nitrogens with zero attached hydrogens (tertiary/aromatic N) is 3. The molecule has 1 heterocycles. The van der Waals surface area contributed by atoms with E-state index in [-0.39, 0.29) is 16.8 Å². The summed E-state index contributed by atoms with van der Waals surface area (Å²) in [6.45, 7) is 4.63. The minimum absolute atomic E-state index is 0.114. The van der Waals surface area contributed by atoms with Gasteiger partial charge in [0.1, 0.15) is 0 Å². The van der Waals surface area contributed by atoms with Gasteiger partial charge in [0, 0.05) is 18.0 Å². The van der Waals surface area contributed by atoms with Crippen LogP contribution in [0.2, 0.25) is 5.02 Å². The van der Waals surface area contributed by atoms with Crippen LogP contribution in [0.1, 0.15) is 18.1 Å². The zero-order chi connectivity index (χ0) is 19.6. The van der Waals surface area contributed by atoms with Crippen molar-refractivity contribution in [3.05, 3.63) is 64.7 Å². The third kappa shape index (κ3) is 4.31. The van der Waals surface area contributed by atoms with Crippen molar-refractivity contribution in [2.75, 3.05) is 13.6 Å². The third-order valence-electron chi connectivity index (χ3n) is 4.30. The van der Waals surface area contributed by atoms with Crippen LogP contribution >= 0.6 is 11.6 Å². The van der Waals surface area contributed by atoms with E-state index in [1.165, 1.54) is 36.9 Å². The quantitative estimate of drug-likeness (QED) is 0.630. The normalized spacial score (nSPS) is 17.8. The number of rotatable bonds is 3. The molecule has 1 unspecified atom stereocenters. The number of aryl methyl sites for hydroxylation is 1. The third-order valence-corrected chi connectivity index (χ3v) is 5.89. The first-order valence-electron chi connectivity index (χ1n) is 8.48. The maximum Gasteiger partial charge on any atom is 0.264 e. The Balaban J connectivity index is 1.84. The minimum atomic E-state index is -3.78. The molecule has 6 nitrogen and oxygen atoms in total. The van der Waals surface area contributed by atoms with Gasteiger partial charge in [-0.2, -0.15) is 5.10 Å². The number of halogens is 1. The molecular weight excluding hydrogens is 384 g/mol. The van der Waals surface area contributed by atoms with Gasteiger partial charge >= 0.3 is 0 Å². The van der Waals surface area contributed by atoms with Crippen molar-refractivity contribution < 1.29 is 8.42 Å². The van der Waals surface area contributed by atoms with E-state index in [1.54, 1.807) is 5.01 Å². The average Bonchev–Trinajstić information content (AvgIpc) is 3.02. The van der Waals surface area contributed by atoms with Crippen molar-refractivity contribution >= 4 is 33.3 Å². The summed E-state index contributed by atoms with van der Waals surface area (Å²) in [5.41, 5.74) is 3.10. The van der Waals surface area contributed by atoms with Crippen molar-refractivity contribution in [2.45, 2.75) is 18.7 Å². The molecular formula is C19H21ClN4O2S. The summed E-state index contributed by atoms with van der Waals surface area (Å²) in [5, 5.41) is 6.67. The van der Waals surface area contributed by atoms with Gasteiger partial charge in [-0.3, -0.25) is 4.99 Å². The molecule has 0 saturated heterocycles. The molecule has 1 aliphatic rings. The lowest BCUT2D eigenvalue weighted by molar-refractivity contribution is 0.445. The molecule has 0 fully saturated rings. The summed E-state index contributed by atoms with van der Waals surface area (Å²) in [4.78, 5) is 4.21. The Morgan fingerprint density at radius 2 is 1.81 bits per heavy atom. The number of hydrogen-bond donors (Lipinski definition) is 1. The zero-order valence-corrected chi connectivity index (χ0v) is 16.9. The molecule has 1 N–H and O–H groups in total. The van der Waals surface area contributed by atoms with Gasteiger partial charge in [0.15, 0.2) is 0 Å². The molecule has 0 radical (unpaired) electrons. The number of guanidine groups is 1. The van der Waals surface area contributed by atoms with Gasteiger partial charge in [0.2, 0.25) is 5.96 Å². The Morgan fingerprint density at radius 1 is 1.19 bits per heavy atom. The van der Waals surface area contributed by atoms with E-state index in [0.717, 1.165) is 11.3 Å². The number of hydrazone groups is 1. The van der Waals surface area contributed by atoms with Gasteiger partial charge in [-0.25, -0.2) is 18.1 Å². The van der Waals surface area contributed by atoms with Crippen LogP contribution in [0.5, 0.6) is 0 Å². The van der Waals surface area contributed by atoms with Crippen LogP contribution < -0.4 is 4.72 Å². The van der Waals surface area contributed by atoms with Gasteiger partial charge in [-0.15, -0.1) is 0 Å². The van der Waals surface area contributed by atoms with Crippen LogP contribution in [-0.4, -0.2) is 38.7 Å². The highest BCUT2D eigenvalue weighted by Gasteiger charge is 2.29.